The number of carbonyl (C=O) groups is 3. The molecular weight excluding hydrogens is 377 g/mol. The molecule has 0 aliphatic carbocycles. The van der Waals surface area contributed by atoms with Crippen molar-refractivity contribution in [2.24, 2.45) is 0 Å². The van der Waals surface area contributed by atoms with E-state index in [1.54, 1.807) is 12.1 Å². The Morgan fingerprint density at radius 2 is 1.96 bits per heavy atom. The van der Waals surface area contributed by atoms with Crippen LogP contribution >= 0.6 is 7.37 Å². The number of benzene rings is 1. The zero-order valence-electron chi connectivity index (χ0n) is 14.5. The van der Waals surface area contributed by atoms with Crippen LogP contribution in [0.1, 0.15) is 24.8 Å². The third kappa shape index (κ3) is 7.24. The number of hydrogen-bond acceptors (Lipinski definition) is 7. The normalized spacial score (nSPS) is 15.3. The number of amides is 1. The largest absolute Gasteiger partial charge is 0.445 e. The summed E-state index contributed by atoms with van der Waals surface area (Å²) >= 11 is 0. The summed E-state index contributed by atoms with van der Waals surface area (Å²) < 4.78 is 26.3. The lowest BCUT2D eigenvalue weighted by Crippen LogP contribution is -2.28. The molecule has 2 rings (SSSR count). The van der Waals surface area contributed by atoms with Crippen LogP contribution in [-0.4, -0.2) is 35.8 Å². The van der Waals surface area contributed by atoms with Gasteiger partial charge in [-0.3, -0.25) is 19.5 Å². The van der Waals surface area contributed by atoms with Crippen molar-refractivity contribution in [1.29, 1.82) is 0 Å². The Hall–Kier alpha value is -2.64. The predicted octanol–water partition coefficient (Wildman–Crippen LogP) is 2.25. The molecule has 0 radical (unpaired) electrons. The minimum absolute atomic E-state index is 0.0451. The molecule has 9 nitrogen and oxygen atoms in total. The molecule has 1 unspecified atom stereocenters. The van der Waals surface area contributed by atoms with Gasteiger partial charge in [0.15, 0.2) is 6.73 Å². The van der Waals surface area contributed by atoms with Gasteiger partial charge in [-0.2, -0.15) is 0 Å². The zero-order valence-corrected chi connectivity index (χ0v) is 15.4. The average molecular weight is 397 g/mol. The SMILES string of the molecule is O=C1CC(P(=O)(O)CCCC(=O)OCNC(=O)OCc2ccccc2)=CO1. The fraction of sp³-hybridized carbons (Fsp3) is 0.353. The molecule has 1 atom stereocenters. The molecule has 1 aliphatic heterocycles. The van der Waals surface area contributed by atoms with Crippen LogP contribution in [0, 0.1) is 0 Å². The van der Waals surface area contributed by atoms with E-state index in [9.17, 15) is 23.8 Å². The summed E-state index contributed by atoms with van der Waals surface area (Å²) in [5.41, 5.74) is 0.822. The molecule has 0 saturated carbocycles. The Balaban J connectivity index is 1.57. The first-order valence-corrected chi connectivity index (χ1v) is 10.0. The molecule has 0 saturated heterocycles. The summed E-state index contributed by atoms with van der Waals surface area (Å²) in [5.74, 6) is -1.21. The highest BCUT2D eigenvalue weighted by Gasteiger charge is 2.30. The van der Waals surface area contributed by atoms with Crippen LogP contribution in [0.5, 0.6) is 0 Å². The summed E-state index contributed by atoms with van der Waals surface area (Å²) in [6.07, 6.45) is -0.134. The molecule has 0 fully saturated rings. The number of ether oxygens (including phenoxy) is 3. The third-order valence-electron chi connectivity index (χ3n) is 3.61. The van der Waals surface area contributed by atoms with Crippen molar-refractivity contribution in [1.82, 2.24) is 5.32 Å². The summed E-state index contributed by atoms with van der Waals surface area (Å²) in [5, 5.41) is 2.31. The fourth-order valence-electron chi connectivity index (χ4n) is 2.17. The van der Waals surface area contributed by atoms with E-state index >= 15 is 0 Å². The topological polar surface area (TPSA) is 128 Å². The number of rotatable bonds is 9. The Kier molecular flexibility index (Phi) is 7.57. The molecule has 1 aromatic carbocycles. The van der Waals surface area contributed by atoms with Gasteiger partial charge in [-0.05, 0) is 12.0 Å². The van der Waals surface area contributed by atoms with Crippen molar-refractivity contribution in [3.8, 4) is 0 Å². The second-order valence-electron chi connectivity index (χ2n) is 5.70. The van der Waals surface area contributed by atoms with Gasteiger partial charge < -0.3 is 19.1 Å². The lowest BCUT2D eigenvalue weighted by atomic mass is 10.2. The van der Waals surface area contributed by atoms with E-state index in [1.165, 1.54) is 0 Å². The fourth-order valence-corrected chi connectivity index (χ4v) is 3.64. The standard InChI is InChI=1S/C17H20NO8P/c19-15(7-4-8-27(22,23)14-9-16(20)24-11-14)26-12-18-17(21)25-10-13-5-2-1-3-6-13/h1-3,5-6,11H,4,7-10,12H2,(H,18,21)(H,22,23). The molecule has 0 bridgehead atoms. The highest BCUT2D eigenvalue weighted by molar-refractivity contribution is 7.62. The molecule has 1 aliphatic rings. The van der Waals surface area contributed by atoms with Crippen LogP contribution in [0.2, 0.25) is 0 Å². The smallest absolute Gasteiger partial charge is 0.410 e. The molecule has 10 heteroatoms. The van der Waals surface area contributed by atoms with Crippen LogP contribution in [0.3, 0.4) is 0 Å². The van der Waals surface area contributed by atoms with Crippen molar-refractivity contribution in [2.45, 2.75) is 25.9 Å². The van der Waals surface area contributed by atoms with E-state index in [4.69, 9.17) is 9.47 Å². The maximum Gasteiger partial charge on any atom is 0.410 e. The summed E-state index contributed by atoms with van der Waals surface area (Å²) in [6, 6.07) is 9.08. The van der Waals surface area contributed by atoms with Crippen LogP contribution < -0.4 is 5.32 Å². The Morgan fingerprint density at radius 3 is 2.63 bits per heavy atom. The van der Waals surface area contributed by atoms with Gasteiger partial charge in [-0.25, -0.2) is 4.79 Å². The number of cyclic esters (lactones) is 1. The molecular formula is C17H20NO8P. The molecule has 1 aromatic rings. The minimum atomic E-state index is -3.70. The zero-order chi connectivity index (χ0) is 19.7. The summed E-state index contributed by atoms with van der Waals surface area (Å²) in [6.45, 7) is -0.273. The first-order chi connectivity index (χ1) is 12.9. The van der Waals surface area contributed by atoms with E-state index in [1.807, 2.05) is 18.2 Å². The van der Waals surface area contributed by atoms with E-state index in [-0.39, 0.29) is 44.1 Å². The van der Waals surface area contributed by atoms with Gasteiger partial charge in [-0.15, -0.1) is 0 Å². The van der Waals surface area contributed by atoms with Crippen molar-refractivity contribution >= 4 is 25.4 Å². The van der Waals surface area contributed by atoms with Crippen LogP contribution in [-0.2, 0) is 35.0 Å². The number of alkyl carbamates (subject to hydrolysis) is 1. The maximum atomic E-state index is 12.1. The van der Waals surface area contributed by atoms with Gasteiger partial charge in [-0.1, -0.05) is 30.3 Å². The lowest BCUT2D eigenvalue weighted by molar-refractivity contribution is -0.144. The maximum absolute atomic E-state index is 12.1. The number of hydrogen-bond donors (Lipinski definition) is 2. The second kappa shape index (κ2) is 9.89. The van der Waals surface area contributed by atoms with Gasteiger partial charge in [0, 0.05) is 12.6 Å². The highest BCUT2D eigenvalue weighted by Crippen LogP contribution is 2.53. The van der Waals surface area contributed by atoms with Gasteiger partial charge in [0.25, 0.3) is 0 Å². The van der Waals surface area contributed by atoms with Crippen LogP contribution in [0.4, 0.5) is 4.79 Å². The van der Waals surface area contributed by atoms with Gasteiger partial charge in [0.05, 0.1) is 11.7 Å². The molecule has 27 heavy (non-hydrogen) atoms. The van der Waals surface area contributed by atoms with Crippen molar-refractivity contribution in [2.75, 3.05) is 12.9 Å². The first kappa shape index (κ1) is 20.7. The minimum Gasteiger partial charge on any atom is -0.445 e. The van der Waals surface area contributed by atoms with E-state index in [0.717, 1.165) is 11.8 Å². The van der Waals surface area contributed by atoms with Gasteiger partial charge in [0.1, 0.15) is 12.9 Å². The molecule has 1 heterocycles. The van der Waals surface area contributed by atoms with E-state index in [0.29, 0.717) is 0 Å². The van der Waals surface area contributed by atoms with Crippen molar-refractivity contribution in [3.63, 3.8) is 0 Å². The summed E-state index contributed by atoms with van der Waals surface area (Å²) in [7, 11) is -3.70. The van der Waals surface area contributed by atoms with Crippen molar-refractivity contribution in [3.05, 3.63) is 47.5 Å². The molecule has 146 valence electrons. The predicted molar refractivity (Wildman–Crippen MR) is 93.4 cm³/mol. The van der Waals surface area contributed by atoms with Gasteiger partial charge >= 0.3 is 18.0 Å². The quantitative estimate of drug-likeness (QED) is 0.281. The van der Waals surface area contributed by atoms with Crippen molar-refractivity contribution < 1.29 is 38.1 Å². The third-order valence-corrected chi connectivity index (χ3v) is 5.69. The lowest BCUT2D eigenvalue weighted by Gasteiger charge is -2.11. The molecule has 0 spiro atoms. The number of esters is 2. The van der Waals surface area contributed by atoms with E-state index < -0.39 is 25.4 Å². The van der Waals surface area contributed by atoms with Crippen LogP contribution in [0.15, 0.2) is 41.9 Å². The van der Waals surface area contributed by atoms with E-state index in [2.05, 4.69) is 10.1 Å². The average Bonchev–Trinajstić information content (AvgIpc) is 3.08. The molecule has 2 N–H and O–H groups in total. The Bertz CT molecular complexity index is 761. The highest BCUT2D eigenvalue weighted by atomic mass is 31.2. The Morgan fingerprint density at radius 1 is 1.22 bits per heavy atom. The van der Waals surface area contributed by atoms with Gasteiger partial charge in [0.2, 0.25) is 7.37 Å². The monoisotopic (exact) mass is 397 g/mol. The second-order valence-corrected chi connectivity index (χ2v) is 8.13. The van der Waals surface area contributed by atoms with Crippen LogP contribution in [0.25, 0.3) is 0 Å². The molecule has 1 amide bonds. The number of carbonyl (C=O) groups excluding carboxylic acids is 3. The Labute approximate surface area is 155 Å². The number of nitrogens with one attached hydrogen (secondary N) is 1. The first-order valence-electron chi connectivity index (χ1n) is 8.18. The molecule has 0 aromatic heterocycles. The summed E-state index contributed by atoms with van der Waals surface area (Å²) in [4.78, 5) is 43.9.